The number of ether oxygens (including phenoxy) is 1. The lowest BCUT2D eigenvalue weighted by Crippen LogP contribution is -2.52. The molecule has 3 aliphatic rings. The predicted molar refractivity (Wildman–Crippen MR) is 67.7 cm³/mol. The smallest absolute Gasteiger partial charge is 0.334 e. The zero-order valence-corrected chi connectivity index (χ0v) is 11.0. The van der Waals surface area contributed by atoms with Crippen LogP contribution < -0.4 is 0 Å². The molecule has 1 N–H and O–H groups in total. The minimum absolute atomic E-state index is 0.204. The molecule has 0 aromatic carbocycles. The van der Waals surface area contributed by atoms with Gasteiger partial charge >= 0.3 is 5.97 Å². The zero-order chi connectivity index (χ0) is 13.1. The Morgan fingerprint density at radius 3 is 3.00 bits per heavy atom. The molecule has 3 nitrogen and oxygen atoms in total. The molecule has 18 heavy (non-hydrogen) atoms. The van der Waals surface area contributed by atoms with Gasteiger partial charge in [-0.05, 0) is 18.8 Å². The molecule has 1 heterocycles. The van der Waals surface area contributed by atoms with Crippen molar-refractivity contribution < 1.29 is 14.6 Å². The van der Waals surface area contributed by atoms with Gasteiger partial charge < -0.3 is 9.84 Å². The summed E-state index contributed by atoms with van der Waals surface area (Å²) in [5.74, 6) is -0.128. The first-order valence-corrected chi connectivity index (χ1v) is 6.73. The van der Waals surface area contributed by atoms with Crippen LogP contribution in [0.1, 0.15) is 33.1 Å². The fourth-order valence-electron chi connectivity index (χ4n) is 3.93. The fraction of sp³-hybridized carbons (Fsp3) is 0.667. The lowest BCUT2D eigenvalue weighted by atomic mass is 9.55. The van der Waals surface area contributed by atoms with Crippen LogP contribution in [0.4, 0.5) is 0 Å². The molecule has 5 atom stereocenters. The normalized spacial score (nSPS) is 47.2. The number of hydrogen-bond acceptors (Lipinski definition) is 3. The zero-order valence-electron chi connectivity index (χ0n) is 11.0. The molecule has 0 unspecified atom stereocenters. The lowest BCUT2D eigenvalue weighted by Gasteiger charge is -2.51. The summed E-state index contributed by atoms with van der Waals surface area (Å²) in [6.07, 6.45) is 4.38. The van der Waals surface area contributed by atoms with Gasteiger partial charge in [0.2, 0.25) is 0 Å². The Labute approximate surface area is 108 Å². The van der Waals surface area contributed by atoms with Crippen LogP contribution in [0.2, 0.25) is 0 Å². The first-order chi connectivity index (χ1) is 8.46. The van der Waals surface area contributed by atoms with E-state index < -0.39 is 6.10 Å². The Bertz CT molecular complexity index is 451. The van der Waals surface area contributed by atoms with Gasteiger partial charge in [0.15, 0.2) is 0 Å². The molecule has 1 aliphatic heterocycles. The van der Waals surface area contributed by atoms with Crippen molar-refractivity contribution in [2.45, 2.75) is 45.3 Å². The van der Waals surface area contributed by atoms with E-state index in [1.54, 1.807) is 0 Å². The molecule has 2 aliphatic carbocycles. The summed E-state index contributed by atoms with van der Waals surface area (Å²) < 4.78 is 5.34. The minimum atomic E-state index is -0.559. The maximum Gasteiger partial charge on any atom is 0.334 e. The van der Waals surface area contributed by atoms with Crippen LogP contribution in [0.15, 0.2) is 23.8 Å². The Morgan fingerprint density at radius 2 is 2.28 bits per heavy atom. The van der Waals surface area contributed by atoms with Crippen LogP contribution in [0.25, 0.3) is 0 Å². The maximum atomic E-state index is 11.6. The van der Waals surface area contributed by atoms with Crippen LogP contribution in [0, 0.1) is 17.3 Å². The van der Waals surface area contributed by atoms with Crippen molar-refractivity contribution in [2.75, 3.05) is 0 Å². The fourth-order valence-corrected chi connectivity index (χ4v) is 3.93. The summed E-state index contributed by atoms with van der Waals surface area (Å²) in [5, 5.41) is 10.8. The van der Waals surface area contributed by atoms with E-state index in [-0.39, 0.29) is 23.4 Å². The average Bonchev–Trinajstić information content (AvgIpc) is 2.60. The van der Waals surface area contributed by atoms with Crippen molar-refractivity contribution >= 4 is 5.97 Å². The summed E-state index contributed by atoms with van der Waals surface area (Å²) in [6.45, 7) is 8.13. The summed E-state index contributed by atoms with van der Waals surface area (Å²) in [6, 6.07) is 0. The van der Waals surface area contributed by atoms with E-state index in [0.717, 1.165) is 19.3 Å². The van der Waals surface area contributed by atoms with Gasteiger partial charge in [0.05, 0.1) is 12.0 Å². The molecular weight excluding hydrogens is 228 g/mol. The number of aliphatic hydroxyl groups excluding tert-OH is 1. The van der Waals surface area contributed by atoms with Gasteiger partial charge in [-0.25, -0.2) is 4.79 Å². The summed E-state index contributed by atoms with van der Waals surface area (Å²) in [7, 11) is 0. The van der Waals surface area contributed by atoms with Crippen LogP contribution in [0.5, 0.6) is 0 Å². The quantitative estimate of drug-likeness (QED) is 0.406. The number of aliphatic hydroxyl groups is 1. The van der Waals surface area contributed by atoms with Crippen molar-refractivity contribution in [2.24, 2.45) is 17.3 Å². The lowest BCUT2D eigenvalue weighted by molar-refractivity contribution is -0.141. The Balaban J connectivity index is 2.04. The average molecular weight is 248 g/mol. The number of rotatable bonds is 0. The topological polar surface area (TPSA) is 46.5 Å². The Hall–Kier alpha value is -1.09. The Kier molecular flexibility index (Phi) is 2.46. The Morgan fingerprint density at radius 1 is 1.56 bits per heavy atom. The van der Waals surface area contributed by atoms with Gasteiger partial charge in [0, 0.05) is 17.4 Å². The van der Waals surface area contributed by atoms with E-state index in [1.807, 2.05) is 0 Å². The molecule has 98 valence electrons. The molecule has 0 radical (unpaired) electrons. The maximum absolute atomic E-state index is 11.6. The van der Waals surface area contributed by atoms with Gasteiger partial charge in [0.1, 0.15) is 6.10 Å². The molecule has 1 saturated heterocycles. The van der Waals surface area contributed by atoms with Crippen LogP contribution in [0.3, 0.4) is 0 Å². The van der Waals surface area contributed by atoms with Gasteiger partial charge in [-0.15, -0.1) is 0 Å². The van der Waals surface area contributed by atoms with Gasteiger partial charge in [-0.2, -0.15) is 0 Å². The number of esters is 1. The molecular formula is C15H20O3. The highest BCUT2D eigenvalue weighted by atomic mass is 16.6. The van der Waals surface area contributed by atoms with Crippen molar-refractivity contribution in [3.63, 3.8) is 0 Å². The predicted octanol–water partition coefficient (Wildman–Crippen LogP) is 2.21. The van der Waals surface area contributed by atoms with E-state index >= 15 is 0 Å². The summed E-state index contributed by atoms with van der Waals surface area (Å²) in [5.41, 5.74) is 1.49. The third-order valence-electron chi connectivity index (χ3n) is 5.41. The van der Waals surface area contributed by atoms with Crippen molar-refractivity contribution in [1.82, 2.24) is 0 Å². The van der Waals surface area contributed by atoms with E-state index in [4.69, 9.17) is 4.74 Å². The van der Waals surface area contributed by atoms with Gasteiger partial charge in [-0.1, -0.05) is 32.1 Å². The standard InChI is InChI=1S/C15H20O3/c1-8-5-4-6-10-7-11-12(9(2)14(17)18-11)13(16)15(8,10)3/h6,8,11-13,16H,2,4-5,7H2,1,3H3/t8-,11-,12-,13-,15+/m0/s1. The van der Waals surface area contributed by atoms with E-state index in [2.05, 4.69) is 26.5 Å². The second-order valence-electron chi connectivity index (χ2n) is 6.13. The molecule has 2 fully saturated rings. The molecule has 3 heteroatoms. The minimum Gasteiger partial charge on any atom is -0.458 e. The molecule has 0 bridgehead atoms. The highest BCUT2D eigenvalue weighted by Crippen LogP contribution is 2.55. The molecule has 0 aromatic rings. The third kappa shape index (κ3) is 1.31. The first kappa shape index (κ1) is 12.0. The molecule has 0 spiro atoms. The second-order valence-corrected chi connectivity index (χ2v) is 6.13. The molecule has 0 aromatic heterocycles. The van der Waals surface area contributed by atoms with Crippen molar-refractivity contribution in [3.8, 4) is 0 Å². The largest absolute Gasteiger partial charge is 0.458 e. The number of allylic oxidation sites excluding steroid dienone is 1. The second kappa shape index (κ2) is 3.70. The monoisotopic (exact) mass is 248 g/mol. The highest BCUT2D eigenvalue weighted by molar-refractivity contribution is 5.91. The highest BCUT2D eigenvalue weighted by Gasteiger charge is 2.57. The molecule has 3 rings (SSSR count). The third-order valence-corrected chi connectivity index (χ3v) is 5.41. The summed E-state index contributed by atoms with van der Waals surface area (Å²) >= 11 is 0. The van der Waals surface area contributed by atoms with E-state index in [9.17, 15) is 9.90 Å². The first-order valence-electron chi connectivity index (χ1n) is 6.73. The number of hydrogen-bond donors (Lipinski definition) is 1. The number of fused-ring (bicyclic) bond motifs is 2. The number of carbonyl (C=O) groups is 1. The van der Waals surface area contributed by atoms with E-state index in [1.165, 1.54) is 5.57 Å². The van der Waals surface area contributed by atoms with Crippen LogP contribution in [-0.4, -0.2) is 23.3 Å². The van der Waals surface area contributed by atoms with Gasteiger partial charge in [-0.3, -0.25) is 0 Å². The van der Waals surface area contributed by atoms with E-state index in [0.29, 0.717) is 11.5 Å². The number of carbonyl (C=O) groups excluding carboxylic acids is 1. The summed E-state index contributed by atoms with van der Waals surface area (Å²) in [4.78, 5) is 11.6. The molecule has 0 amide bonds. The molecule has 1 saturated carbocycles. The van der Waals surface area contributed by atoms with Crippen molar-refractivity contribution in [1.29, 1.82) is 0 Å². The van der Waals surface area contributed by atoms with Crippen LogP contribution in [-0.2, 0) is 9.53 Å². The van der Waals surface area contributed by atoms with Crippen LogP contribution >= 0.6 is 0 Å². The van der Waals surface area contributed by atoms with Gasteiger partial charge in [0.25, 0.3) is 0 Å². The SMILES string of the molecule is C=C1C(=O)O[C@H]2CC3=CCC[C@H](C)[C@@]3(C)[C@@H](O)[C@@H]12. The van der Waals surface area contributed by atoms with Crippen molar-refractivity contribution in [3.05, 3.63) is 23.8 Å².